The molecule has 4 aromatic rings. The van der Waals surface area contributed by atoms with Crippen LogP contribution in [0.15, 0.2) is 48.7 Å². The van der Waals surface area contributed by atoms with Crippen molar-refractivity contribution in [1.29, 1.82) is 0 Å². The third-order valence-electron chi connectivity index (χ3n) is 11.1. The average Bonchev–Trinajstić information content (AvgIpc) is 3.69. The normalized spacial score (nSPS) is 18.2. The van der Waals surface area contributed by atoms with Crippen molar-refractivity contribution in [2.24, 2.45) is 0 Å². The number of likely N-dealkylation sites (tertiary alicyclic amines) is 1. The fourth-order valence-electron chi connectivity index (χ4n) is 8.04. The van der Waals surface area contributed by atoms with E-state index in [-0.39, 0.29) is 65.8 Å². The lowest BCUT2D eigenvalue weighted by Crippen LogP contribution is -2.52. The SMILES string of the molecule is COc1cc(C(=O)NC2CCN(Cc3cc(F)c4c(c3)CN(C3CCC(=O)NC3=O)C4=O)CC2)c(F)cc1Nc1ncc(C(F)(F)F)c(Oc2cccc3c2C(=O)N(C)C3)n1. The number of carbonyl (C=O) groups excluding carboxylic acids is 5. The van der Waals surface area contributed by atoms with Crippen molar-refractivity contribution in [3.05, 3.63) is 99.2 Å². The van der Waals surface area contributed by atoms with Gasteiger partial charge in [0.15, 0.2) is 0 Å². The molecule has 15 nitrogen and oxygen atoms in total. The van der Waals surface area contributed by atoms with E-state index in [0.717, 1.165) is 12.1 Å². The summed E-state index contributed by atoms with van der Waals surface area (Å²) in [6.07, 6.45) is -3.25. The van der Waals surface area contributed by atoms with Gasteiger partial charge in [0, 0.05) is 64.5 Å². The molecule has 0 bridgehead atoms. The summed E-state index contributed by atoms with van der Waals surface area (Å²) in [5, 5.41) is 7.69. The van der Waals surface area contributed by atoms with Gasteiger partial charge >= 0.3 is 6.18 Å². The average molecular weight is 849 g/mol. The van der Waals surface area contributed by atoms with E-state index in [0.29, 0.717) is 55.4 Å². The van der Waals surface area contributed by atoms with Crippen molar-refractivity contribution < 1.29 is 55.4 Å². The van der Waals surface area contributed by atoms with E-state index in [9.17, 15) is 37.1 Å². The van der Waals surface area contributed by atoms with Gasteiger partial charge in [-0.25, -0.2) is 13.8 Å². The number of alkyl halides is 3. The molecule has 61 heavy (non-hydrogen) atoms. The number of nitrogens with zero attached hydrogens (tertiary/aromatic N) is 5. The highest BCUT2D eigenvalue weighted by Crippen LogP contribution is 2.40. The molecule has 1 atom stereocenters. The van der Waals surface area contributed by atoms with Gasteiger partial charge in [-0.2, -0.15) is 18.2 Å². The second kappa shape index (κ2) is 16.1. The van der Waals surface area contributed by atoms with Crippen molar-refractivity contribution in [3.8, 4) is 17.4 Å². The number of rotatable bonds is 10. The lowest BCUT2D eigenvalue weighted by Gasteiger charge is -2.32. The second-order valence-corrected chi connectivity index (χ2v) is 15.2. The Hall–Kier alpha value is -6.70. The summed E-state index contributed by atoms with van der Waals surface area (Å²) < 4.78 is 83.9. The van der Waals surface area contributed by atoms with Crippen molar-refractivity contribution >= 4 is 41.2 Å². The van der Waals surface area contributed by atoms with Crippen LogP contribution in [0.25, 0.3) is 0 Å². The second-order valence-electron chi connectivity index (χ2n) is 15.2. The van der Waals surface area contributed by atoms with Gasteiger partial charge in [-0.05, 0) is 54.2 Å². The van der Waals surface area contributed by atoms with E-state index >= 15 is 8.78 Å². The highest BCUT2D eigenvalue weighted by atomic mass is 19.4. The van der Waals surface area contributed by atoms with Gasteiger partial charge in [-0.1, -0.05) is 18.2 Å². The molecule has 3 aromatic carbocycles. The number of ether oxygens (including phenoxy) is 2. The first-order valence-corrected chi connectivity index (χ1v) is 19.2. The fraction of sp³-hybridized carbons (Fsp3) is 0.341. The maximum Gasteiger partial charge on any atom is 0.423 e. The third kappa shape index (κ3) is 8.14. The molecule has 4 aliphatic rings. The number of aromatic nitrogens is 2. The molecule has 0 spiro atoms. The summed E-state index contributed by atoms with van der Waals surface area (Å²) in [7, 11) is 2.80. The van der Waals surface area contributed by atoms with Crippen LogP contribution < -0.4 is 25.4 Å². The molecule has 5 heterocycles. The third-order valence-corrected chi connectivity index (χ3v) is 11.1. The van der Waals surface area contributed by atoms with Crippen molar-refractivity contribution in [2.45, 2.75) is 63.6 Å². The summed E-state index contributed by atoms with van der Waals surface area (Å²) in [6.45, 7) is 1.63. The Kier molecular flexibility index (Phi) is 10.8. The molecular weight excluding hydrogens is 811 g/mol. The Morgan fingerprint density at radius 2 is 1.70 bits per heavy atom. The maximum atomic E-state index is 15.6. The lowest BCUT2D eigenvalue weighted by molar-refractivity contribution is -0.139. The van der Waals surface area contributed by atoms with Crippen LogP contribution in [0.1, 0.15) is 79.0 Å². The van der Waals surface area contributed by atoms with Crippen LogP contribution in [0.3, 0.4) is 0 Å². The van der Waals surface area contributed by atoms with E-state index in [1.165, 1.54) is 35.1 Å². The van der Waals surface area contributed by atoms with Crippen LogP contribution in [-0.2, 0) is 35.4 Å². The molecule has 318 valence electrons. The minimum atomic E-state index is -4.93. The minimum absolute atomic E-state index is 0.0366. The van der Waals surface area contributed by atoms with Crippen LogP contribution in [-0.4, -0.2) is 93.5 Å². The van der Waals surface area contributed by atoms with Gasteiger partial charge in [0.05, 0.1) is 29.5 Å². The van der Waals surface area contributed by atoms with Crippen LogP contribution in [0.2, 0.25) is 0 Å². The molecule has 5 amide bonds. The number of hydrogen-bond donors (Lipinski definition) is 3. The standard InChI is InChI=1S/C41H37F5N8O7/c1-52-18-21-4-3-5-30(34(21)38(52)58)61-37-25(41(44,45)46)16-47-40(51-37)49-28-15-26(42)24(14-31(28)60-2)35(56)48-23-8-10-53(11-9-23)17-20-12-22-19-54(39(59)33(22)27(43)13-20)29-6-7-32(55)50-36(29)57/h3-5,12-16,23,29H,6-11,17-19H2,1-2H3,(H,48,56)(H,47,49,51)(H,50,55,57). The minimum Gasteiger partial charge on any atom is -0.495 e. The molecule has 1 unspecified atom stereocenters. The Labute approximate surface area is 344 Å². The van der Waals surface area contributed by atoms with Gasteiger partial charge < -0.3 is 29.9 Å². The molecule has 0 aliphatic carbocycles. The number of amides is 5. The van der Waals surface area contributed by atoms with E-state index in [1.807, 2.05) is 4.90 Å². The summed E-state index contributed by atoms with van der Waals surface area (Å²) in [4.78, 5) is 75.5. The first-order chi connectivity index (χ1) is 29.1. The van der Waals surface area contributed by atoms with Crippen LogP contribution >= 0.6 is 0 Å². The first-order valence-electron chi connectivity index (χ1n) is 19.2. The zero-order chi connectivity index (χ0) is 43.3. The molecule has 2 fully saturated rings. The molecule has 3 N–H and O–H groups in total. The number of imide groups is 1. The number of halogens is 5. The van der Waals surface area contributed by atoms with E-state index in [2.05, 4.69) is 25.9 Å². The smallest absolute Gasteiger partial charge is 0.423 e. The molecular formula is C41H37F5N8O7. The first kappa shape index (κ1) is 41.1. The number of carbonyl (C=O) groups is 5. The maximum absolute atomic E-state index is 15.6. The number of benzene rings is 3. The fourth-order valence-corrected chi connectivity index (χ4v) is 8.04. The summed E-state index contributed by atoms with van der Waals surface area (Å²) in [5.41, 5.74) is -0.137. The number of methoxy groups -OCH3 is 1. The van der Waals surface area contributed by atoms with Gasteiger partial charge in [0.2, 0.25) is 23.6 Å². The topological polar surface area (TPSA) is 175 Å². The molecule has 2 saturated heterocycles. The molecule has 8 rings (SSSR count). The lowest BCUT2D eigenvalue weighted by atomic mass is 10.0. The van der Waals surface area contributed by atoms with E-state index in [1.54, 1.807) is 19.2 Å². The number of hydrogen-bond acceptors (Lipinski definition) is 11. The summed E-state index contributed by atoms with van der Waals surface area (Å²) in [6, 6.07) is 8.42. The Bertz CT molecular complexity index is 2490. The molecule has 20 heteroatoms. The Morgan fingerprint density at radius 1 is 0.934 bits per heavy atom. The van der Waals surface area contributed by atoms with Crippen molar-refractivity contribution in [2.75, 3.05) is 32.6 Å². The van der Waals surface area contributed by atoms with Crippen molar-refractivity contribution in [3.63, 3.8) is 0 Å². The zero-order valence-corrected chi connectivity index (χ0v) is 32.6. The Balaban J connectivity index is 0.904. The monoisotopic (exact) mass is 848 g/mol. The van der Waals surface area contributed by atoms with Gasteiger partial charge in [0.25, 0.3) is 17.7 Å². The zero-order valence-electron chi connectivity index (χ0n) is 32.6. The van der Waals surface area contributed by atoms with Gasteiger partial charge in [-0.3, -0.25) is 34.2 Å². The van der Waals surface area contributed by atoms with E-state index < -0.39 is 70.8 Å². The number of piperidine rings is 2. The number of nitrogens with one attached hydrogen (secondary N) is 3. The summed E-state index contributed by atoms with van der Waals surface area (Å²) >= 11 is 0. The van der Waals surface area contributed by atoms with Crippen molar-refractivity contribution in [1.82, 2.24) is 35.3 Å². The van der Waals surface area contributed by atoms with Crippen LogP contribution in [0, 0.1) is 11.6 Å². The highest BCUT2D eigenvalue weighted by Gasteiger charge is 2.41. The molecule has 1 aromatic heterocycles. The predicted octanol–water partition coefficient (Wildman–Crippen LogP) is 5.06. The predicted molar refractivity (Wildman–Crippen MR) is 204 cm³/mol. The molecule has 4 aliphatic heterocycles. The number of anilines is 2. The van der Waals surface area contributed by atoms with E-state index in [4.69, 9.17) is 9.47 Å². The van der Waals surface area contributed by atoms with Crippen LogP contribution in [0.4, 0.5) is 33.6 Å². The van der Waals surface area contributed by atoms with Crippen LogP contribution in [0.5, 0.6) is 17.4 Å². The van der Waals surface area contributed by atoms with Gasteiger partial charge in [0.1, 0.15) is 34.7 Å². The quantitative estimate of drug-likeness (QED) is 0.144. The molecule has 0 radical (unpaired) electrons. The largest absolute Gasteiger partial charge is 0.495 e. The highest BCUT2D eigenvalue weighted by molar-refractivity contribution is 6.05. The van der Waals surface area contributed by atoms with Gasteiger partial charge in [-0.15, -0.1) is 0 Å². The Morgan fingerprint density at radius 3 is 2.43 bits per heavy atom. The number of fused-ring (bicyclic) bond motifs is 2. The molecule has 0 saturated carbocycles. The summed E-state index contributed by atoms with van der Waals surface area (Å²) in [5.74, 6) is -5.96.